The number of halogens is 1. The van der Waals surface area contributed by atoms with Crippen molar-refractivity contribution in [1.29, 1.82) is 0 Å². The van der Waals surface area contributed by atoms with Crippen molar-refractivity contribution in [3.05, 3.63) is 58.1 Å². The van der Waals surface area contributed by atoms with Crippen LogP contribution in [0.1, 0.15) is 27.4 Å². The number of aromatic amines is 1. The fourth-order valence-electron chi connectivity index (χ4n) is 2.93. The van der Waals surface area contributed by atoms with Gasteiger partial charge in [0, 0.05) is 31.4 Å². The summed E-state index contributed by atoms with van der Waals surface area (Å²) >= 11 is 6.28. The predicted molar refractivity (Wildman–Crippen MR) is 88.5 cm³/mol. The Morgan fingerprint density at radius 2 is 2.22 bits per heavy atom. The summed E-state index contributed by atoms with van der Waals surface area (Å²) in [7, 11) is 0. The summed E-state index contributed by atoms with van der Waals surface area (Å²) in [6, 6.07) is 7.73. The zero-order chi connectivity index (χ0) is 16.0. The molecule has 1 aliphatic heterocycles. The number of rotatable bonds is 1. The molecule has 1 aromatic carbocycles. The van der Waals surface area contributed by atoms with Gasteiger partial charge in [-0.1, -0.05) is 23.7 Å². The number of H-pyrrole nitrogens is 1. The molecule has 0 fully saturated rings. The number of nitrogens with zero attached hydrogens (tertiary/aromatic N) is 3. The first-order chi connectivity index (χ1) is 11.1. The largest absolute Gasteiger partial charge is 0.334 e. The van der Waals surface area contributed by atoms with Crippen molar-refractivity contribution < 1.29 is 4.79 Å². The molecule has 0 aliphatic carbocycles. The van der Waals surface area contributed by atoms with Crippen LogP contribution in [0.5, 0.6) is 0 Å². The van der Waals surface area contributed by atoms with Crippen LogP contribution in [0.15, 0.2) is 30.5 Å². The van der Waals surface area contributed by atoms with Crippen molar-refractivity contribution in [1.82, 2.24) is 19.9 Å². The van der Waals surface area contributed by atoms with Gasteiger partial charge < -0.3 is 9.88 Å². The van der Waals surface area contributed by atoms with Crippen LogP contribution in [0.25, 0.3) is 11.0 Å². The molecule has 0 unspecified atom stereocenters. The van der Waals surface area contributed by atoms with Crippen molar-refractivity contribution in [2.24, 2.45) is 0 Å². The van der Waals surface area contributed by atoms with Crippen LogP contribution in [0.3, 0.4) is 0 Å². The Hall–Kier alpha value is -2.40. The molecule has 0 bridgehead atoms. The maximum Gasteiger partial charge on any atom is 0.289 e. The number of aryl methyl sites for hydroxylation is 1. The molecule has 116 valence electrons. The molecule has 3 aromatic rings. The molecular weight excluding hydrogens is 312 g/mol. The van der Waals surface area contributed by atoms with Crippen molar-refractivity contribution in [2.75, 3.05) is 6.54 Å². The topological polar surface area (TPSA) is 61.9 Å². The molecule has 5 nitrogen and oxygen atoms in total. The van der Waals surface area contributed by atoms with E-state index in [0.717, 1.165) is 28.8 Å². The Kier molecular flexibility index (Phi) is 3.31. The maximum absolute atomic E-state index is 12.7. The zero-order valence-electron chi connectivity index (χ0n) is 12.6. The third-order valence-electron chi connectivity index (χ3n) is 4.24. The average molecular weight is 327 g/mol. The van der Waals surface area contributed by atoms with E-state index in [-0.39, 0.29) is 5.91 Å². The van der Waals surface area contributed by atoms with Gasteiger partial charge in [0.2, 0.25) is 0 Å². The number of pyridine rings is 1. The number of amides is 1. The van der Waals surface area contributed by atoms with Gasteiger partial charge >= 0.3 is 0 Å². The zero-order valence-corrected chi connectivity index (χ0v) is 13.4. The first-order valence-electron chi connectivity index (χ1n) is 7.50. The first kappa shape index (κ1) is 14.2. The standard InChI is InChI=1S/C17H15ClN4O/c1-10-4-5-13-15(14(10)18)21-16(20-13)17(23)22-8-6-12-11(9-22)3-2-7-19-12/h2-5,7H,6,8-9H2,1H3,(H,20,21). The van der Waals surface area contributed by atoms with E-state index >= 15 is 0 Å². The van der Waals surface area contributed by atoms with Crippen molar-refractivity contribution >= 4 is 28.5 Å². The third kappa shape index (κ3) is 2.37. The van der Waals surface area contributed by atoms with Gasteiger partial charge in [0.05, 0.1) is 10.5 Å². The second kappa shape index (κ2) is 5.35. The monoisotopic (exact) mass is 326 g/mol. The molecule has 0 atom stereocenters. The van der Waals surface area contributed by atoms with Crippen LogP contribution in [0.2, 0.25) is 5.02 Å². The van der Waals surface area contributed by atoms with Crippen LogP contribution in [-0.2, 0) is 13.0 Å². The van der Waals surface area contributed by atoms with E-state index in [0.29, 0.717) is 29.5 Å². The lowest BCUT2D eigenvalue weighted by molar-refractivity contribution is 0.0722. The molecular formula is C17H15ClN4O. The maximum atomic E-state index is 12.7. The Balaban J connectivity index is 1.66. The molecule has 4 rings (SSSR count). The minimum absolute atomic E-state index is 0.107. The summed E-state index contributed by atoms with van der Waals surface area (Å²) in [5.74, 6) is 0.226. The number of carbonyl (C=O) groups excluding carboxylic acids is 1. The van der Waals surface area contributed by atoms with E-state index in [1.54, 1.807) is 11.1 Å². The second-order valence-electron chi connectivity index (χ2n) is 5.76. The minimum Gasteiger partial charge on any atom is -0.334 e. The number of hydrogen-bond acceptors (Lipinski definition) is 3. The van der Waals surface area contributed by atoms with Crippen molar-refractivity contribution in [3.8, 4) is 0 Å². The van der Waals surface area contributed by atoms with E-state index in [2.05, 4.69) is 15.0 Å². The molecule has 3 heterocycles. The van der Waals surface area contributed by atoms with Crippen molar-refractivity contribution in [3.63, 3.8) is 0 Å². The highest BCUT2D eigenvalue weighted by Crippen LogP contribution is 2.26. The van der Waals surface area contributed by atoms with Gasteiger partial charge in [-0.25, -0.2) is 4.98 Å². The Morgan fingerprint density at radius 1 is 1.35 bits per heavy atom. The number of benzene rings is 1. The number of nitrogens with one attached hydrogen (secondary N) is 1. The Bertz CT molecular complexity index is 918. The SMILES string of the molecule is Cc1ccc2[nH]c(C(=O)N3CCc4ncccc4C3)nc2c1Cl. The van der Waals surface area contributed by atoms with Gasteiger partial charge in [-0.3, -0.25) is 9.78 Å². The normalized spacial score (nSPS) is 14.1. The van der Waals surface area contributed by atoms with E-state index in [1.807, 2.05) is 31.2 Å². The molecule has 1 aliphatic rings. The van der Waals surface area contributed by atoms with Crippen LogP contribution in [-0.4, -0.2) is 32.3 Å². The molecule has 6 heteroatoms. The lowest BCUT2D eigenvalue weighted by atomic mass is 10.1. The molecule has 1 N–H and O–H groups in total. The minimum atomic E-state index is -0.107. The summed E-state index contributed by atoms with van der Waals surface area (Å²) < 4.78 is 0. The summed E-state index contributed by atoms with van der Waals surface area (Å²) in [6.07, 6.45) is 2.56. The first-order valence-corrected chi connectivity index (χ1v) is 7.88. The average Bonchev–Trinajstić information content (AvgIpc) is 3.02. The number of carbonyl (C=O) groups is 1. The molecule has 0 radical (unpaired) electrons. The van der Waals surface area contributed by atoms with Crippen molar-refractivity contribution in [2.45, 2.75) is 19.9 Å². The lowest BCUT2D eigenvalue weighted by Gasteiger charge is -2.27. The van der Waals surface area contributed by atoms with E-state index in [1.165, 1.54) is 0 Å². The van der Waals surface area contributed by atoms with Gasteiger partial charge in [0.15, 0.2) is 5.82 Å². The highest BCUT2D eigenvalue weighted by atomic mass is 35.5. The van der Waals surface area contributed by atoms with Gasteiger partial charge in [-0.05, 0) is 30.2 Å². The van der Waals surface area contributed by atoms with E-state index in [4.69, 9.17) is 11.6 Å². The van der Waals surface area contributed by atoms with Crippen LogP contribution in [0, 0.1) is 6.92 Å². The quantitative estimate of drug-likeness (QED) is 0.747. The fourth-order valence-corrected chi connectivity index (χ4v) is 3.14. The Labute approximate surface area is 138 Å². The summed E-state index contributed by atoms with van der Waals surface area (Å²) in [6.45, 7) is 3.13. The Morgan fingerprint density at radius 3 is 3.09 bits per heavy atom. The number of hydrogen-bond donors (Lipinski definition) is 1. The summed E-state index contributed by atoms with van der Waals surface area (Å²) in [4.78, 5) is 26.4. The molecule has 23 heavy (non-hydrogen) atoms. The highest BCUT2D eigenvalue weighted by Gasteiger charge is 2.24. The molecule has 0 spiro atoms. The predicted octanol–water partition coefficient (Wildman–Crippen LogP) is 3.12. The van der Waals surface area contributed by atoms with Gasteiger partial charge in [0.25, 0.3) is 5.91 Å². The molecule has 2 aromatic heterocycles. The molecule has 0 saturated heterocycles. The highest BCUT2D eigenvalue weighted by molar-refractivity contribution is 6.35. The lowest BCUT2D eigenvalue weighted by Crippen LogP contribution is -2.36. The third-order valence-corrected chi connectivity index (χ3v) is 4.72. The second-order valence-corrected chi connectivity index (χ2v) is 6.14. The summed E-state index contributed by atoms with van der Waals surface area (Å²) in [5.41, 5.74) is 4.54. The van der Waals surface area contributed by atoms with Gasteiger partial charge in [-0.15, -0.1) is 0 Å². The van der Waals surface area contributed by atoms with Gasteiger partial charge in [-0.2, -0.15) is 0 Å². The van der Waals surface area contributed by atoms with E-state index < -0.39 is 0 Å². The smallest absolute Gasteiger partial charge is 0.289 e. The van der Waals surface area contributed by atoms with Crippen LogP contribution in [0.4, 0.5) is 0 Å². The number of imidazole rings is 1. The molecule has 0 saturated carbocycles. The molecule has 1 amide bonds. The number of aromatic nitrogens is 3. The van der Waals surface area contributed by atoms with Crippen LogP contribution >= 0.6 is 11.6 Å². The van der Waals surface area contributed by atoms with Crippen LogP contribution < -0.4 is 0 Å². The number of fused-ring (bicyclic) bond motifs is 2. The fraction of sp³-hybridized carbons (Fsp3) is 0.235. The summed E-state index contributed by atoms with van der Waals surface area (Å²) in [5, 5.41) is 0.589. The van der Waals surface area contributed by atoms with Gasteiger partial charge in [0.1, 0.15) is 5.52 Å². The van der Waals surface area contributed by atoms with E-state index in [9.17, 15) is 4.79 Å².